The Hall–Kier alpha value is -1.62. The minimum absolute atomic E-state index is 0.0469. The van der Waals surface area contributed by atoms with Crippen LogP contribution >= 0.6 is 11.6 Å². The van der Waals surface area contributed by atoms with Gasteiger partial charge in [0.25, 0.3) is 0 Å². The van der Waals surface area contributed by atoms with Gasteiger partial charge in [0.1, 0.15) is 0 Å². The van der Waals surface area contributed by atoms with Crippen molar-refractivity contribution in [3.05, 3.63) is 47.0 Å². The topological polar surface area (TPSA) is 49.8 Å². The molecule has 1 aliphatic heterocycles. The average Bonchev–Trinajstić information content (AvgIpc) is 3.24. The van der Waals surface area contributed by atoms with Crippen LogP contribution in [0.4, 0.5) is 0 Å². The summed E-state index contributed by atoms with van der Waals surface area (Å²) in [4.78, 5) is 14.8. The number of benzene rings is 2. The van der Waals surface area contributed by atoms with E-state index in [1.807, 2.05) is 30.3 Å². The maximum atomic E-state index is 12.4. The highest BCUT2D eigenvalue weighted by Gasteiger charge is 2.34. The van der Waals surface area contributed by atoms with Gasteiger partial charge in [-0.15, -0.1) is 0 Å². The molecular formula is C24H32ClNO3. The second-order valence-corrected chi connectivity index (χ2v) is 8.33. The van der Waals surface area contributed by atoms with E-state index in [0.717, 1.165) is 61.8 Å². The molecule has 1 N–H and O–H groups in total. The Labute approximate surface area is 178 Å². The van der Waals surface area contributed by atoms with Gasteiger partial charge in [-0.2, -0.15) is 0 Å². The minimum Gasteiger partial charge on any atom is -0.481 e. The van der Waals surface area contributed by atoms with Crippen LogP contribution in [0.25, 0.3) is 10.8 Å². The molecule has 0 saturated carbocycles. The normalized spacial score (nSPS) is 19.0. The molecule has 1 fully saturated rings. The lowest BCUT2D eigenvalue weighted by molar-refractivity contribution is -0.144. The Morgan fingerprint density at radius 2 is 1.93 bits per heavy atom. The summed E-state index contributed by atoms with van der Waals surface area (Å²) in [6, 6.07) is 12.0. The molecule has 158 valence electrons. The standard InChI is InChI=1S/C24H32ClNO3/c1-3-26(4-2)14-13-20(22(24(27)28)16-17-8-7-15-29-17)19-11-12-23(25)21-10-6-5-9-18(19)21/h5-6,9-12,17,20,22H,3-4,7-8,13-16H2,1-2H3,(H,27,28). The fourth-order valence-corrected chi connectivity index (χ4v) is 4.82. The van der Waals surface area contributed by atoms with Gasteiger partial charge < -0.3 is 14.7 Å². The molecule has 4 nitrogen and oxygen atoms in total. The van der Waals surface area contributed by atoms with E-state index < -0.39 is 11.9 Å². The van der Waals surface area contributed by atoms with E-state index in [1.54, 1.807) is 0 Å². The van der Waals surface area contributed by atoms with Crippen LogP contribution in [-0.2, 0) is 9.53 Å². The molecule has 1 aliphatic rings. The first-order valence-corrected chi connectivity index (χ1v) is 11.2. The van der Waals surface area contributed by atoms with Crippen LogP contribution < -0.4 is 0 Å². The number of ether oxygens (including phenoxy) is 1. The summed E-state index contributed by atoms with van der Waals surface area (Å²) in [5.74, 6) is -1.29. The summed E-state index contributed by atoms with van der Waals surface area (Å²) in [7, 11) is 0. The lowest BCUT2D eigenvalue weighted by Gasteiger charge is -2.30. The summed E-state index contributed by atoms with van der Waals surface area (Å²) >= 11 is 6.44. The zero-order chi connectivity index (χ0) is 20.8. The zero-order valence-corrected chi connectivity index (χ0v) is 18.2. The third-order valence-electron chi connectivity index (χ3n) is 6.30. The molecule has 0 spiro atoms. The number of halogens is 1. The van der Waals surface area contributed by atoms with Gasteiger partial charge >= 0.3 is 5.97 Å². The van der Waals surface area contributed by atoms with Gasteiger partial charge in [0.2, 0.25) is 0 Å². The quantitative estimate of drug-likeness (QED) is 0.548. The third kappa shape index (κ3) is 5.30. The van der Waals surface area contributed by atoms with Crippen molar-refractivity contribution in [1.82, 2.24) is 4.90 Å². The molecule has 0 aliphatic carbocycles. The van der Waals surface area contributed by atoms with Crippen molar-refractivity contribution in [1.29, 1.82) is 0 Å². The van der Waals surface area contributed by atoms with E-state index in [2.05, 4.69) is 24.8 Å². The first-order valence-electron chi connectivity index (χ1n) is 10.8. The maximum absolute atomic E-state index is 12.4. The Bertz CT molecular complexity index is 815. The van der Waals surface area contributed by atoms with E-state index >= 15 is 0 Å². The monoisotopic (exact) mass is 417 g/mol. The fraction of sp³-hybridized carbons (Fsp3) is 0.542. The first kappa shape index (κ1) is 22.1. The highest BCUT2D eigenvalue weighted by Crippen LogP contribution is 2.39. The molecule has 1 heterocycles. The summed E-state index contributed by atoms with van der Waals surface area (Å²) in [6.45, 7) is 7.85. The lowest BCUT2D eigenvalue weighted by Crippen LogP contribution is -2.31. The van der Waals surface area contributed by atoms with Gasteiger partial charge in [-0.1, -0.05) is 55.8 Å². The summed E-state index contributed by atoms with van der Waals surface area (Å²) < 4.78 is 5.80. The average molecular weight is 418 g/mol. The van der Waals surface area contributed by atoms with Crippen molar-refractivity contribution in [2.24, 2.45) is 5.92 Å². The van der Waals surface area contributed by atoms with Crippen LogP contribution in [0, 0.1) is 5.92 Å². The molecule has 0 bridgehead atoms. The fourth-order valence-electron chi connectivity index (χ4n) is 4.59. The van der Waals surface area contributed by atoms with Crippen LogP contribution in [0.3, 0.4) is 0 Å². The molecule has 29 heavy (non-hydrogen) atoms. The van der Waals surface area contributed by atoms with Crippen molar-refractivity contribution in [2.45, 2.75) is 51.6 Å². The lowest BCUT2D eigenvalue weighted by atomic mass is 9.78. The van der Waals surface area contributed by atoms with Gasteiger partial charge in [0.15, 0.2) is 0 Å². The van der Waals surface area contributed by atoms with Gasteiger partial charge in [-0.05, 0) is 68.3 Å². The first-order chi connectivity index (χ1) is 14.0. The van der Waals surface area contributed by atoms with Crippen LogP contribution in [0.15, 0.2) is 36.4 Å². The number of fused-ring (bicyclic) bond motifs is 1. The SMILES string of the molecule is CCN(CC)CCC(c1ccc(Cl)c2ccccc12)C(CC1CCCO1)C(=O)O. The van der Waals surface area contributed by atoms with Gasteiger partial charge in [0.05, 0.1) is 12.0 Å². The summed E-state index contributed by atoms with van der Waals surface area (Å²) in [5.41, 5.74) is 1.09. The number of aliphatic carboxylic acids is 1. The molecule has 0 amide bonds. The van der Waals surface area contributed by atoms with Crippen molar-refractivity contribution >= 4 is 28.3 Å². The number of carbonyl (C=O) groups is 1. The zero-order valence-electron chi connectivity index (χ0n) is 17.4. The number of hydrogen-bond donors (Lipinski definition) is 1. The largest absolute Gasteiger partial charge is 0.481 e. The third-order valence-corrected chi connectivity index (χ3v) is 6.63. The van der Waals surface area contributed by atoms with Crippen molar-refractivity contribution < 1.29 is 14.6 Å². The molecule has 5 heteroatoms. The number of carboxylic acids is 1. The van der Waals surface area contributed by atoms with Crippen LogP contribution in [0.2, 0.25) is 5.02 Å². The number of nitrogens with zero attached hydrogens (tertiary/aromatic N) is 1. The van der Waals surface area contributed by atoms with Crippen LogP contribution in [-0.4, -0.2) is 48.3 Å². The van der Waals surface area contributed by atoms with E-state index in [9.17, 15) is 9.90 Å². The molecule has 2 aromatic carbocycles. The van der Waals surface area contributed by atoms with Gasteiger partial charge in [-0.3, -0.25) is 4.79 Å². The van der Waals surface area contributed by atoms with E-state index in [-0.39, 0.29) is 12.0 Å². The number of rotatable bonds is 10. The molecule has 0 aromatic heterocycles. The molecule has 3 rings (SSSR count). The minimum atomic E-state index is -0.732. The number of hydrogen-bond acceptors (Lipinski definition) is 3. The molecule has 0 radical (unpaired) electrons. The van der Waals surface area contributed by atoms with Gasteiger partial charge in [0, 0.05) is 17.0 Å². The molecule has 3 unspecified atom stereocenters. The van der Waals surface area contributed by atoms with Crippen molar-refractivity contribution in [3.8, 4) is 0 Å². The van der Waals surface area contributed by atoms with Gasteiger partial charge in [-0.25, -0.2) is 0 Å². The van der Waals surface area contributed by atoms with Crippen LogP contribution in [0.1, 0.15) is 51.0 Å². The molecule has 2 aromatic rings. The Morgan fingerprint density at radius 1 is 1.21 bits per heavy atom. The predicted octanol–water partition coefficient (Wildman–Crippen LogP) is 5.58. The smallest absolute Gasteiger partial charge is 0.307 e. The summed E-state index contributed by atoms with van der Waals surface area (Å²) in [6.07, 6.45) is 3.39. The second kappa shape index (κ2) is 10.4. The van der Waals surface area contributed by atoms with Crippen molar-refractivity contribution in [3.63, 3.8) is 0 Å². The predicted molar refractivity (Wildman–Crippen MR) is 119 cm³/mol. The Morgan fingerprint density at radius 3 is 2.55 bits per heavy atom. The van der Waals surface area contributed by atoms with Crippen molar-refractivity contribution in [2.75, 3.05) is 26.2 Å². The van der Waals surface area contributed by atoms with E-state index in [1.165, 1.54) is 0 Å². The number of carboxylic acid groups (broad SMARTS) is 1. The Balaban J connectivity index is 1.99. The molecule has 3 atom stereocenters. The molecule has 1 saturated heterocycles. The highest BCUT2D eigenvalue weighted by atomic mass is 35.5. The second-order valence-electron chi connectivity index (χ2n) is 7.92. The maximum Gasteiger partial charge on any atom is 0.307 e. The van der Waals surface area contributed by atoms with E-state index in [0.29, 0.717) is 11.4 Å². The van der Waals surface area contributed by atoms with E-state index in [4.69, 9.17) is 16.3 Å². The summed E-state index contributed by atoms with van der Waals surface area (Å²) in [5, 5.41) is 12.9. The highest BCUT2D eigenvalue weighted by molar-refractivity contribution is 6.35. The molecular weight excluding hydrogens is 386 g/mol. The Kier molecular flexibility index (Phi) is 7.93. The van der Waals surface area contributed by atoms with Crippen LogP contribution in [0.5, 0.6) is 0 Å².